The molecular weight excluding hydrogens is 280 g/mol. The Balaban J connectivity index is 2.81. The molecule has 0 unspecified atom stereocenters. The summed E-state index contributed by atoms with van der Waals surface area (Å²) >= 11 is 8.32. The van der Waals surface area contributed by atoms with Gasteiger partial charge in [-0.15, -0.1) is 0 Å². The molecule has 1 nitrogen and oxygen atoms in total. The van der Waals surface area contributed by atoms with E-state index in [1.54, 1.807) is 11.3 Å². The number of thiophene rings is 1. The van der Waals surface area contributed by atoms with Gasteiger partial charge in [0.05, 0.1) is 14.9 Å². The molecule has 0 aliphatic rings. The third-order valence-corrected chi connectivity index (χ3v) is 3.30. The summed E-state index contributed by atoms with van der Waals surface area (Å²) < 4.78 is 7.40. The third kappa shape index (κ3) is 1.97. The predicted molar refractivity (Wildman–Crippen MR) is 50.9 cm³/mol. The Labute approximate surface area is 80.7 Å². The smallest absolute Gasteiger partial charge is 0.189 e. The summed E-state index contributed by atoms with van der Waals surface area (Å²) in [7, 11) is 0. The van der Waals surface area contributed by atoms with Crippen molar-refractivity contribution in [2.75, 3.05) is 6.61 Å². The van der Waals surface area contributed by atoms with Crippen molar-refractivity contribution in [3.63, 3.8) is 0 Å². The maximum atomic E-state index is 5.30. The van der Waals surface area contributed by atoms with Crippen LogP contribution >= 0.6 is 43.2 Å². The molecule has 10 heavy (non-hydrogen) atoms. The molecule has 0 aliphatic heterocycles. The summed E-state index contributed by atoms with van der Waals surface area (Å²) in [6, 6.07) is 1.98. The van der Waals surface area contributed by atoms with E-state index >= 15 is 0 Å². The van der Waals surface area contributed by atoms with E-state index in [-0.39, 0.29) is 0 Å². The van der Waals surface area contributed by atoms with Crippen molar-refractivity contribution in [1.82, 2.24) is 0 Å². The first kappa shape index (κ1) is 8.56. The van der Waals surface area contributed by atoms with Gasteiger partial charge in [0.1, 0.15) is 0 Å². The molecule has 0 aromatic carbocycles. The standard InChI is InChI=1S/C6H6Br2OS/c1-2-9-6-4(7)3-5(8)10-6/h3H,2H2,1H3. The van der Waals surface area contributed by atoms with E-state index in [4.69, 9.17) is 4.74 Å². The van der Waals surface area contributed by atoms with Crippen LogP contribution in [0, 0.1) is 0 Å². The van der Waals surface area contributed by atoms with Crippen LogP contribution in [0.2, 0.25) is 0 Å². The van der Waals surface area contributed by atoms with E-state index in [1.165, 1.54) is 0 Å². The van der Waals surface area contributed by atoms with Crippen LogP contribution in [0.25, 0.3) is 0 Å². The van der Waals surface area contributed by atoms with E-state index < -0.39 is 0 Å². The van der Waals surface area contributed by atoms with Crippen molar-refractivity contribution in [2.24, 2.45) is 0 Å². The second-order valence-corrected chi connectivity index (χ2v) is 4.87. The molecule has 1 rings (SSSR count). The van der Waals surface area contributed by atoms with Gasteiger partial charge in [-0.1, -0.05) is 11.3 Å². The Kier molecular flexibility index (Phi) is 3.20. The quantitative estimate of drug-likeness (QED) is 0.806. The Hall–Kier alpha value is 0.460. The molecule has 0 bridgehead atoms. The van der Waals surface area contributed by atoms with Crippen LogP contribution in [0.15, 0.2) is 14.3 Å². The van der Waals surface area contributed by atoms with Gasteiger partial charge in [0.15, 0.2) is 5.06 Å². The Morgan fingerprint density at radius 3 is 2.70 bits per heavy atom. The van der Waals surface area contributed by atoms with Crippen LogP contribution in [-0.2, 0) is 0 Å². The average molecular weight is 286 g/mol. The summed E-state index contributed by atoms with van der Waals surface area (Å²) in [5.41, 5.74) is 0. The molecule has 0 amide bonds. The van der Waals surface area contributed by atoms with Crippen molar-refractivity contribution in [2.45, 2.75) is 6.92 Å². The molecule has 0 atom stereocenters. The van der Waals surface area contributed by atoms with Crippen LogP contribution in [-0.4, -0.2) is 6.61 Å². The topological polar surface area (TPSA) is 9.23 Å². The van der Waals surface area contributed by atoms with Gasteiger partial charge in [0.25, 0.3) is 0 Å². The molecule has 0 saturated heterocycles. The SMILES string of the molecule is CCOc1sc(Br)cc1Br. The minimum atomic E-state index is 0.714. The molecule has 0 radical (unpaired) electrons. The second-order valence-electron chi connectivity index (χ2n) is 1.62. The number of ether oxygens (including phenoxy) is 1. The fraction of sp³-hybridized carbons (Fsp3) is 0.333. The van der Waals surface area contributed by atoms with Crippen LogP contribution in [0.4, 0.5) is 0 Å². The van der Waals surface area contributed by atoms with Gasteiger partial charge >= 0.3 is 0 Å². The van der Waals surface area contributed by atoms with Crippen molar-refractivity contribution in [1.29, 1.82) is 0 Å². The van der Waals surface area contributed by atoms with E-state index in [2.05, 4.69) is 31.9 Å². The van der Waals surface area contributed by atoms with Crippen LogP contribution in [0.1, 0.15) is 6.92 Å². The summed E-state index contributed by atoms with van der Waals surface area (Å²) in [6.45, 7) is 2.69. The number of hydrogen-bond acceptors (Lipinski definition) is 2. The highest BCUT2D eigenvalue weighted by Gasteiger charge is 2.04. The average Bonchev–Trinajstić information content (AvgIpc) is 2.13. The van der Waals surface area contributed by atoms with Crippen molar-refractivity contribution in [3.05, 3.63) is 14.3 Å². The third-order valence-electron chi connectivity index (χ3n) is 0.901. The first-order valence-corrected chi connectivity index (χ1v) is 5.22. The maximum absolute atomic E-state index is 5.30. The summed E-state index contributed by atoms with van der Waals surface area (Å²) in [6.07, 6.45) is 0. The Morgan fingerprint density at radius 2 is 2.30 bits per heavy atom. The second kappa shape index (κ2) is 3.74. The Morgan fingerprint density at radius 1 is 1.60 bits per heavy atom. The first-order valence-electron chi connectivity index (χ1n) is 2.81. The number of rotatable bonds is 2. The van der Waals surface area contributed by atoms with Gasteiger partial charge in [0.2, 0.25) is 0 Å². The van der Waals surface area contributed by atoms with Crippen LogP contribution in [0.3, 0.4) is 0 Å². The summed E-state index contributed by atoms with van der Waals surface area (Å²) in [4.78, 5) is 0. The molecule has 0 N–H and O–H groups in total. The summed E-state index contributed by atoms with van der Waals surface area (Å²) in [5, 5.41) is 0.939. The van der Waals surface area contributed by atoms with Gasteiger partial charge in [0, 0.05) is 0 Å². The van der Waals surface area contributed by atoms with E-state index in [0.717, 1.165) is 13.3 Å². The molecule has 1 aromatic rings. The van der Waals surface area contributed by atoms with Gasteiger partial charge < -0.3 is 4.74 Å². The Bertz CT molecular complexity index is 222. The zero-order valence-corrected chi connectivity index (χ0v) is 9.35. The lowest BCUT2D eigenvalue weighted by Crippen LogP contribution is -1.87. The highest BCUT2D eigenvalue weighted by atomic mass is 79.9. The number of halogens is 2. The van der Waals surface area contributed by atoms with Crippen molar-refractivity contribution < 1.29 is 4.74 Å². The number of hydrogen-bond donors (Lipinski definition) is 0. The van der Waals surface area contributed by atoms with Crippen LogP contribution in [0.5, 0.6) is 5.06 Å². The molecule has 1 aromatic heterocycles. The maximum Gasteiger partial charge on any atom is 0.189 e. The molecule has 4 heteroatoms. The fourth-order valence-corrected chi connectivity index (χ4v) is 2.96. The van der Waals surface area contributed by atoms with Gasteiger partial charge in [-0.2, -0.15) is 0 Å². The van der Waals surface area contributed by atoms with E-state index in [9.17, 15) is 0 Å². The lowest BCUT2D eigenvalue weighted by Gasteiger charge is -1.96. The molecule has 0 aliphatic carbocycles. The molecule has 0 saturated carbocycles. The highest BCUT2D eigenvalue weighted by Crippen LogP contribution is 2.37. The lowest BCUT2D eigenvalue weighted by molar-refractivity contribution is 0.348. The highest BCUT2D eigenvalue weighted by molar-refractivity contribution is 9.11. The minimum Gasteiger partial charge on any atom is -0.483 e. The monoisotopic (exact) mass is 284 g/mol. The van der Waals surface area contributed by atoms with Crippen molar-refractivity contribution in [3.8, 4) is 5.06 Å². The zero-order valence-electron chi connectivity index (χ0n) is 5.36. The first-order chi connectivity index (χ1) is 4.74. The molecule has 0 spiro atoms. The normalized spacial score (nSPS) is 9.90. The molecule has 0 fully saturated rings. The predicted octanol–water partition coefficient (Wildman–Crippen LogP) is 3.67. The van der Waals surface area contributed by atoms with Gasteiger partial charge in [-0.05, 0) is 44.8 Å². The molecular formula is C6H6Br2OS. The van der Waals surface area contributed by atoms with Gasteiger partial charge in [-0.3, -0.25) is 0 Å². The van der Waals surface area contributed by atoms with Gasteiger partial charge in [-0.25, -0.2) is 0 Å². The zero-order chi connectivity index (χ0) is 7.56. The largest absolute Gasteiger partial charge is 0.483 e. The van der Waals surface area contributed by atoms with Crippen LogP contribution < -0.4 is 4.74 Å². The molecule has 56 valence electrons. The summed E-state index contributed by atoms with van der Waals surface area (Å²) in [5.74, 6) is 0. The van der Waals surface area contributed by atoms with Crippen molar-refractivity contribution >= 4 is 43.2 Å². The molecule has 1 heterocycles. The minimum absolute atomic E-state index is 0.714. The fourth-order valence-electron chi connectivity index (χ4n) is 0.555. The lowest BCUT2D eigenvalue weighted by atomic mass is 10.6. The van der Waals surface area contributed by atoms with E-state index in [1.807, 2.05) is 13.0 Å². The van der Waals surface area contributed by atoms with E-state index in [0.29, 0.717) is 6.61 Å².